The Labute approximate surface area is 103 Å². The number of rotatable bonds is 2. The van der Waals surface area contributed by atoms with E-state index in [0.717, 1.165) is 19.5 Å². The molecule has 1 saturated heterocycles. The Hall–Kier alpha value is -0.890. The van der Waals surface area contributed by atoms with Gasteiger partial charge in [0.2, 0.25) is 0 Å². The minimum Gasteiger partial charge on any atom is -0.317 e. The van der Waals surface area contributed by atoms with Crippen molar-refractivity contribution in [3.63, 3.8) is 0 Å². The fraction of sp³-hybridized carbons (Fsp3) is 0.600. The van der Waals surface area contributed by atoms with Gasteiger partial charge in [0.1, 0.15) is 5.82 Å². The molecule has 0 aromatic heterocycles. The van der Waals surface area contributed by atoms with E-state index in [1.807, 2.05) is 6.07 Å². The predicted molar refractivity (Wildman–Crippen MR) is 69.7 cm³/mol. The first kappa shape index (κ1) is 12.6. The van der Waals surface area contributed by atoms with Crippen LogP contribution in [0.15, 0.2) is 18.2 Å². The molecule has 2 rings (SSSR count). The van der Waals surface area contributed by atoms with Crippen LogP contribution in [-0.4, -0.2) is 13.1 Å². The van der Waals surface area contributed by atoms with Gasteiger partial charge >= 0.3 is 0 Å². The molecular formula is C15H22FN. The summed E-state index contributed by atoms with van der Waals surface area (Å²) in [7, 11) is 0. The lowest BCUT2D eigenvalue weighted by Crippen LogP contribution is -2.23. The Morgan fingerprint density at radius 2 is 2.12 bits per heavy atom. The zero-order valence-electron chi connectivity index (χ0n) is 10.6. The topological polar surface area (TPSA) is 12.0 Å². The van der Waals surface area contributed by atoms with Crippen molar-refractivity contribution in [2.75, 3.05) is 13.1 Å². The van der Waals surface area contributed by atoms with Crippen LogP contribution in [0.25, 0.3) is 0 Å². The second-order valence-corrected chi connectivity index (χ2v) is 5.18. The molecule has 1 fully saturated rings. The van der Waals surface area contributed by atoms with Crippen molar-refractivity contribution in [1.29, 1.82) is 0 Å². The summed E-state index contributed by atoms with van der Waals surface area (Å²) in [6.07, 6.45) is 6.11. The summed E-state index contributed by atoms with van der Waals surface area (Å²) in [5.74, 6) is 0.609. The maximum atomic E-state index is 13.2. The molecular weight excluding hydrogens is 213 g/mol. The fourth-order valence-electron chi connectivity index (χ4n) is 2.63. The van der Waals surface area contributed by atoms with Gasteiger partial charge in [-0.3, -0.25) is 0 Å². The smallest absolute Gasteiger partial charge is 0.123 e. The van der Waals surface area contributed by atoms with Gasteiger partial charge in [0.25, 0.3) is 0 Å². The Morgan fingerprint density at radius 1 is 1.24 bits per heavy atom. The van der Waals surface area contributed by atoms with Crippen LogP contribution in [0.1, 0.15) is 36.8 Å². The number of benzene rings is 1. The van der Waals surface area contributed by atoms with E-state index in [1.165, 1.54) is 36.8 Å². The Balaban J connectivity index is 2.00. The van der Waals surface area contributed by atoms with Gasteiger partial charge in [-0.25, -0.2) is 4.39 Å². The highest BCUT2D eigenvalue weighted by molar-refractivity contribution is 5.26. The van der Waals surface area contributed by atoms with Crippen LogP contribution in [0.3, 0.4) is 0 Å². The van der Waals surface area contributed by atoms with Gasteiger partial charge in [-0.05, 0) is 68.5 Å². The van der Waals surface area contributed by atoms with Gasteiger partial charge in [0.05, 0.1) is 0 Å². The number of hydrogen-bond donors (Lipinski definition) is 1. The summed E-state index contributed by atoms with van der Waals surface area (Å²) in [6.45, 7) is 4.35. The lowest BCUT2D eigenvalue weighted by atomic mass is 9.89. The summed E-state index contributed by atoms with van der Waals surface area (Å²) >= 11 is 0. The van der Waals surface area contributed by atoms with E-state index < -0.39 is 0 Å². The molecule has 1 heterocycles. The van der Waals surface area contributed by atoms with E-state index in [1.54, 1.807) is 12.1 Å². The first-order chi connectivity index (χ1) is 8.25. The lowest BCUT2D eigenvalue weighted by Gasteiger charge is -2.21. The molecule has 1 nitrogen and oxygen atoms in total. The summed E-state index contributed by atoms with van der Waals surface area (Å²) in [5, 5.41) is 3.45. The maximum Gasteiger partial charge on any atom is 0.123 e. The Morgan fingerprint density at radius 3 is 3.00 bits per heavy atom. The molecule has 0 spiro atoms. The Kier molecular flexibility index (Phi) is 4.55. The molecule has 1 aromatic carbocycles. The monoisotopic (exact) mass is 235 g/mol. The minimum absolute atomic E-state index is 0.102. The van der Waals surface area contributed by atoms with Crippen molar-refractivity contribution < 1.29 is 4.39 Å². The van der Waals surface area contributed by atoms with E-state index in [4.69, 9.17) is 0 Å². The van der Waals surface area contributed by atoms with E-state index >= 15 is 0 Å². The van der Waals surface area contributed by atoms with Gasteiger partial charge in [-0.2, -0.15) is 0 Å². The van der Waals surface area contributed by atoms with E-state index in [2.05, 4.69) is 12.2 Å². The SMILES string of the molecule is Cc1ccc(F)cc1CC1CCCCNCC1. The van der Waals surface area contributed by atoms with Crippen LogP contribution in [0.2, 0.25) is 0 Å². The van der Waals surface area contributed by atoms with Crippen molar-refractivity contribution in [3.05, 3.63) is 35.1 Å². The third-order valence-corrected chi connectivity index (χ3v) is 3.77. The van der Waals surface area contributed by atoms with Crippen molar-refractivity contribution in [2.24, 2.45) is 5.92 Å². The zero-order valence-corrected chi connectivity index (χ0v) is 10.6. The molecule has 1 unspecified atom stereocenters. The molecule has 1 N–H and O–H groups in total. The minimum atomic E-state index is -0.102. The second-order valence-electron chi connectivity index (χ2n) is 5.18. The summed E-state index contributed by atoms with van der Waals surface area (Å²) in [6, 6.07) is 5.16. The zero-order chi connectivity index (χ0) is 12.1. The normalized spacial score (nSPS) is 21.9. The maximum absolute atomic E-state index is 13.2. The molecule has 0 aliphatic carbocycles. The molecule has 0 amide bonds. The standard InChI is InChI=1S/C15H22FN/c1-12-5-6-15(16)11-14(12)10-13-4-2-3-8-17-9-7-13/h5-6,11,13,17H,2-4,7-10H2,1H3. The molecule has 0 bridgehead atoms. The average molecular weight is 235 g/mol. The van der Waals surface area contributed by atoms with E-state index in [-0.39, 0.29) is 5.82 Å². The van der Waals surface area contributed by atoms with Crippen LogP contribution in [0, 0.1) is 18.7 Å². The first-order valence-electron chi connectivity index (χ1n) is 6.71. The van der Waals surface area contributed by atoms with E-state index in [0.29, 0.717) is 5.92 Å². The van der Waals surface area contributed by atoms with E-state index in [9.17, 15) is 4.39 Å². The van der Waals surface area contributed by atoms with Gasteiger partial charge in [-0.15, -0.1) is 0 Å². The third-order valence-electron chi connectivity index (χ3n) is 3.77. The van der Waals surface area contributed by atoms with Crippen LogP contribution in [0.5, 0.6) is 0 Å². The summed E-state index contributed by atoms with van der Waals surface area (Å²) < 4.78 is 13.2. The molecule has 0 saturated carbocycles. The molecule has 1 atom stereocenters. The average Bonchev–Trinajstić information content (AvgIpc) is 2.27. The quantitative estimate of drug-likeness (QED) is 0.828. The van der Waals surface area contributed by atoms with Crippen LogP contribution < -0.4 is 5.32 Å². The molecule has 17 heavy (non-hydrogen) atoms. The van der Waals surface area contributed by atoms with Crippen molar-refractivity contribution in [2.45, 2.75) is 39.0 Å². The summed E-state index contributed by atoms with van der Waals surface area (Å²) in [4.78, 5) is 0. The van der Waals surface area contributed by atoms with Gasteiger partial charge < -0.3 is 5.32 Å². The highest BCUT2D eigenvalue weighted by Crippen LogP contribution is 2.22. The number of aryl methyl sites for hydroxylation is 1. The first-order valence-corrected chi connectivity index (χ1v) is 6.71. The molecule has 94 valence electrons. The molecule has 0 radical (unpaired) electrons. The lowest BCUT2D eigenvalue weighted by molar-refractivity contribution is 0.386. The Bertz CT molecular complexity index is 354. The van der Waals surface area contributed by atoms with Crippen molar-refractivity contribution in [1.82, 2.24) is 5.32 Å². The molecule has 1 aliphatic heterocycles. The van der Waals surface area contributed by atoms with Gasteiger partial charge in [-0.1, -0.05) is 18.9 Å². The summed E-state index contributed by atoms with van der Waals surface area (Å²) in [5.41, 5.74) is 2.41. The van der Waals surface area contributed by atoms with Gasteiger partial charge in [0.15, 0.2) is 0 Å². The highest BCUT2D eigenvalue weighted by atomic mass is 19.1. The van der Waals surface area contributed by atoms with Crippen molar-refractivity contribution >= 4 is 0 Å². The number of halogens is 1. The number of nitrogens with one attached hydrogen (secondary N) is 1. The molecule has 2 heteroatoms. The third kappa shape index (κ3) is 3.81. The van der Waals surface area contributed by atoms with Crippen LogP contribution >= 0.6 is 0 Å². The van der Waals surface area contributed by atoms with Crippen molar-refractivity contribution in [3.8, 4) is 0 Å². The fourth-order valence-corrected chi connectivity index (χ4v) is 2.63. The number of hydrogen-bond acceptors (Lipinski definition) is 1. The molecule has 1 aromatic rings. The molecule has 1 aliphatic rings. The predicted octanol–water partition coefficient (Wildman–Crippen LogP) is 3.46. The largest absolute Gasteiger partial charge is 0.317 e. The van der Waals surface area contributed by atoms with Crippen LogP contribution in [0.4, 0.5) is 4.39 Å². The van der Waals surface area contributed by atoms with Crippen LogP contribution in [-0.2, 0) is 6.42 Å². The second kappa shape index (κ2) is 6.15. The van der Waals surface area contributed by atoms with Gasteiger partial charge in [0, 0.05) is 0 Å². The highest BCUT2D eigenvalue weighted by Gasteiger charge is 2.13.